The van der Waals surface area contributed by atoms with Crippen LogP contribution in [0.5, 0.6) is 5.75 Å². The summed E-state index contributed by atoms with van der Waals surface area (Å²) in [6, 6.07) is 11.3. The van der Waals surface area contributed by atoms with E-state index in [9.17, 15) is 4.79 Å². The summed E-state index contributed by atoms with van der Waals surface area (Å²) in [6.07, 6.45) is 1.49. The Morgan fingerprint density at radius 3 is 2.78 bits per heavy atom. The predicted molar refractivity (Wildman–Crippen MR) is 103 cm³/mol. The average Bonchev–Trinajstić information content (AvgIpc) is 3.36. The van der Waals surface area contributed by atoms with Crippen molar-refractivity contribution in [2.45, 2.75) is 20.1 Å². The van der Waals surface area contributed by atoms with Crippen molar-refractivity contribution in [1.82, 2.24) is 9.88 Å². The van der Waals surface area contributed by atoms with Gasteiger partial charge >= 0.3 is 0 Å². The maximum absolute atomic E-state index is 12.6. The zero-order valence-corrected chi connectivity index (χ0v) is 16.2. The SMILES string of the molecule is COCCN(Cc1csc(COc2ccc(C)cc2)n1)C(=O)c1ccco1. The molecule has 1 aromatic carbocycles. The summed E-state index contributed by atoms with van der Waals surface area (Å²) in [5.74, 6) is 0.943. The fraction of sp³-hybridized carbons (Fsp3) is 0.300. The molecule has 0 unspecified atom stereocenters. The minimum absolute atomic E-state index is 0.178. The Balaban J connectivity index is 1.61. The number of aryl methyl sites for hydroxylation is 1. The summed E-state index contributed by atoms with van der Waals surface area (Å²) < 4.78 is 16.1. The second-order valence-corrected chi connectivity index (χ2v) is 6.97. The summed E-state index contributed by atoms with van der Waals surface area (Å²) in [5, 5.41) is 2.81. The number of hydrogen-bond acceptors (Lipinski definition) is 6. The Bertz CT molecular complexity index is 843. The zero-order chi connectivity index (χ0) is 19.1. The fourth-order valence-corrected chi connectivity index (χ4v) is 3.17. The van der Waals surface area contributed by atoms with Gasteiger partial charge in [-0.25, -0.2) is 4.98 Å². The van der Waals surface area contributed by atoms with Crippen molar-refractivity contribution < 1.29 is 18.7 Å². The van der Waals surface area contributed by atoms with Gasteiger partial charge in [0.05, 0.1) is 25.1 Å². The minimum Gasteiger partial charge on any atom is -0.486 e. The van der Waals surface area contributed by atoms with Gasteiger partial charge < -0.3 is 18.8 Å². The van der Waals surface area contributed by atoms with Crippen molar-refractivity contribution in [3.05, 3.63) is 70.1 Å². The molecule has 27 heavy (non-hydrogen) atoms. The quantitative estimate of drug-likeness (QED) is 0.558. The first-order valence-corrected chi connectivity index (χ1v) is 9.48. The maximum atomic E-state index is 12.6. The van der Waals surface area contributed by atoms with Crippen molar-refractivity contribution in [2.75, 3.05) is 20.3 Å². The van der Waals surface area contributed by atoms with E-state index in [1.165, 1.54) is 23.2 Å². The van der Waals surface area contributed by atoms with Crippen LogP contribution in [0.2, 0.25) is 0 Å². The first kappa shape index (κ1) is 19.1. The van der Waals surface area contributed by atoms with Crippen LogP contribution in [-0.4, -0.2) is 36.1 Å². The minimum atomic E-state index is -0.178. The van der Waals surface area contributed by atoms with Gasteiger partial charge in [0.1, 0.15) is 17.4 Å². The van der Waals surface area contributed by atoms with Gasteiger partial charge in [-0.3, -0.25) is 4.79 Å². The molecule has 0 aliphatic rings. The zero-order valence-electron chi connectivity index (χ0n) is 15.4. The lowest BCUT2D eigenvalue weighted by Crippen LogP contribution is -2.33. The van der Waals surface area contributed by atoms with Crippen molar-refractivity contribution in [3.63, 3.8) is 0 Å². The first-order valence-electron chi connectivity index (χ1n) is 8.60. The van der Waals surface area contributed by atoms with Crippen LogP contribution in [0.3, 0.4) is 0 Å². The van der Waals surface area contributed by atoms with Gasteiger partial charge in [-0.05, 0) is 31.2 Å². The van der Waals surface area contributed by atoms with Crippen LogP contribution in [0, 0.1) is 6.92 Å². The first-order chi connectivity index (χ1) is 13.2. The van der Waals surface area contributed by atoms with Crippen LogP contribution in [0.1, 0.15) is 26.8 Å². The molecule has 0 spiro atoms. The molecular weight excluding hydrogens is 364 g/mol. The Hall–Kier alpha value is -2.64. The van der Waals surface area contributed by atoms with Crippen LogP contribution in [0.25, 0.3) is 0 Å². The highest BCUT2D eigenvalue weighted by Gasteiger charge is 2.19. The van der Waals surface area contributed by atoms with Crippen LogP contribution < -0.4 is 4.74 Å². The fourth-order valence-electron chi connectivity index (χ4n) is 2.47. The molecule has 0 N–H and O–H groups in total. The Labute approximate surface area is 162 Å². The predicted octanol–water partition coefficient (Wildman–Crippen LogP) is 3.91. The largest absolute Gasteiger partial charge is 0.486 e. The summed E-state index contributed by atoms with van der Waals surface area (Å²) in [7, 11) is 1.61. The number of benzene rings is 1. The van der Waals surface area contributed by atoms with E-state index in [1.807, 2.05) is 36.6 Å². The highest BCUT2D eigenvalue weighted by molar-refractivity contribution is 7.09. The molecule has 6 nitrogen and oxygen atoms in total. The standard InChI is InChI=1S/C20H22N2O4S/c1-15-5-7-17(8-6-15)26-13-19-21-16(14-27-19)12-22(9-11-24-2)20(23)18-4-3-10-25-18/h3-8,10,14H,9,11-13H2,1-2H3. The molecule has 0 aliphatic heterocycles. The molecule has 2 aromatic heterocycles. The number of carbonyl (C=O) groups is 1. The molecule has 0 aliphatic carbocycles. The van der Waals surface area contributed by atoms with Crippen molar-refractivity contribution in [2.24, 2.45) is 0 Å². The molecular formula is C20H22N2O4S. The number of thiazole rings is 1. The molecule has 0 radical (unpaired) electrons. The molecule has 3 rings (SSSR count). The lowest BCUT2D eigenvalue weighted by molar-refractivity contribution is 0.0647. The van der Waals surface area contributed by atoms with E-state index >= 15 is 0 Å². The van der Waals surface area contributed by atoms with Gasteiger partial charge in [0.25, 0.3) is 5.91 Å². The number of rotatable bonds is 9. The van der Waals surface area contributed by atoms with Crippen LogP contribution in [-0.2, 0) is 17.9 Å². The van der Waals surface area contributed by atoms with E-state index < -0.39 is 0 Å². The molecule has 0 atom stereocenters. The smallest absolute Gasteiger partial charge is 0.289 e. The highest BCUT2D eigenvalue weighted by atomic mass is 32.1. The monoisotopic (exact) mass is 386 g/mol. The molecule has 3 aromatic rings. The van der Waals surface area contributed by atoms with Crippen LogP contribution in [0.15, 0.2) is 52.5 Å². The molecule has 1 amide bonds. The average molecular weight is 386 g/mol. The Kier molecular flexibility index (Phi) is 6.62. The summed E-state index contributed by atoms with van der Waals surface area (Å²) in [5.41, 5.74) is 2.01. The highest BCUT2D eigenvalue weighted by Crippen LogP contribution is 2.18. The van der Waals surface area contributed by atoms with Crippen molar-refractivity contribution in [1.29, 1.82) is 0 Å². The second-order valence-electron chi connectivity index (χ2n) is 6.03. The lowest BCUT2D eigenvalue weighted by Gasteiger charge is -2.20. The third-order valence-electron chi connectivity index (χ3n) is 3.92. The summed E-state index contributed by atoms with van der Waals surface area (Å²) in [4.78, 5) is 18.8. The Morgan fingerprint density at radius 2 is 2.07 bits per heavy atom. The van der Waals surface area contributed by atoms with E-state index in [-0.39, 0.29) is 5.91 Å². The lowest BCUT2D eigenvalue weighted by atomic mass is 10.2. The molecule has 0 bridgehead atoms. The Morgan fingerprint density at radius 1 is 1.26 bits per heavy atom. The molecule has 0 saturated heterocycles. The van der Waals surface area contributed by atoms with Crippen LogP contribution in [0.4, 0.5) is 0 Å². The van der Waals surface area contributed by atoms with Crippen LogP contribution >= 0.6 is 11.3 Å². The summed E-state index contributed by atoms with van der Waals surface area (Å²) >= 11 is 1.52. The number of nitrogens with zero attached hydrogens (tertiary/aromatic N) is 2. The van der Waals surface area contributed by atoms with E-state index in [4.69, 9.17) is 13.9 Å². The van der Waals surface area contributed by atoms with Gasteiger partial charge in [-0.2, -0.15) is 0 Å². The number of hydrogen-bond donors (Lipinski definition) is 0. The maximum Gasteiger partial charge on any atom is 0.289 e. The number of furan rings is 1. The number of amides is 1. The van der Waals surface area contributed by atoms with E-state index in [2.05, 4.69) is 4.98 Å². The van der Waals surface area contributed by atoms with Crippen molar-refractivity contribution in [3.8, 4) is 5.75 Å². The molecule has 0 saturated carbocycles. The molecule has 7 heteroatoms. The van der Waals surface area contributed by atoms with E-state index in [0.717, 1.165) is 16.5 Å². The second kappa shape index (κ2) is 9.34. The summed E-state index contributed by atoms with van der Waals surface area (Å²) in [6.45, 7) is 3.74. The van der Waals surface area contributed by atoms with Gasteiger partial charge in [0, 0.05) is 19.0 Å². The third kappa shape index (κ3) is 5.42. The molecule has 142 valence electrons. The number of aromatic nitrogens is 1. The normalized spacial score (nSPS) is 10.7. The van der Waals surface area contributed by atoms with Gasteiger partial charge in [-0.15, -0.1) is 11.3 Å². The number of ether oxygens (including phenoxy) is 2. The number of methoxy groups -OCH3 is 1. The van der Waals surface area contributed by atoms with E-state index in [1.54, 1.807) is 24.1 Å². The van der Waals surface area contributed by atoms with Gasteiger partial charge in [-0.1, -0.05) is 17.7 Å². The third-order valence-corrected chi connectivity index (χ3v) is 4.79. The topological polar surface area (TPSA) is 64.8 Å². The van der Waals surface area contributed by atoms with E-state index in [0.29, 0.717) is 32.1 Å². The van der Waals surface area contributed by atoms with Gasteiger partial charge in [0.2, 0.25) is 0 Å². The van der Waals surface area contributed by atoms with Gasteiger partial charge in [0.15, 0.2) is 5.76 Å². The molecule has 2 heterocycles. The molecule has 0 fully saturated rings. The van der Waals surface area contributed by atoms with Crippen molar-refractivity contribution >= 4 is 17.2 Å². The number of carbonyl (C=O) groups excluding carboxylic acids is 1.